The number of rotatable bonds is 4. The van der Waals surface area contributed by atoms with Crippen LogP contribution in [0.25, 0.3) is 0 Å². The molecular weight excluding hydrogens is 232 g/mol. The molecule has 100 valence electrons. The summed E-state index contributed by atoms with van der Waals surface area (Å²) in [5.74, 6) is 1.57. The minimum atomic E-state index is 0.0856. The highest BCUT2D eigenvalue weighted by Gasteiger charge is 2.34. The molecule has 2 rings (SSSR count). The molecule has 6 heteroatoms. The lowest BCUT2D eigenvalue weighted by molar-refractivity contribution is -0.00461. The zero-order valence-electron chi connectivity index (χ0n) is 11.3. The van der Waals surface area contributed by atoms with Crippen LogP contribution < -0.4 is 10.2 Å². The molecule has 0 amide bonds. The van der Waals surface area contributed by atoms with E-state index in [9.17, 15) is 0 Å². The third kappa shape index (κ3) is 2.39. The highest BCUT2D eigenvalue weighted by atomic mass is 16.5. The topological polar surface area (TPSA) is 59.5 Å². The predicted octanol–water partition coefficient (Wildman–Crippen LogP) is 0.677. The summed E-state index contributed by atoms with van der Waals surface area (Å²) in [4.78, 5) is 10.9. The first kappa shape index (κ1) is 13.0. The summed E-state index contributed by atoms with van der Waals surface area (Å²) in [6.45, 7) is 3.59. The van der Waals surface area contributed by atoms with Crippen LogP contribution in [0.4, 0.5) is 11.8 Å². The largest absolute Gasteiger partial charge is 0.377 e. The smallest absolute Gasteiger partial charge is 0.224 e. The van der Waals surface area contributed by atoms with Gasteiger partial charge in [-0.1, -0.05) is 0 Å². The van der Waals surface area contributed by atoms with Gasteiger partial charge in [0, 0.05) is 46.1 Å². The maximum Gasteiger partial charge on any atom is 0.224 e. The fourth-order valence-electron chi connectivity index (χ4n) is 2.24. The molecule has 1 aliphatic heterocycles. The molecule has 0 bridgehead atoms. The highest BCUT2D eigenvalue weighted by molar-refractivity contribution is 5.50. The molecule has 0 spiro atoms. The Morgan fingerprint density at radius 3 is 2.39 bits per heavy atom. The molecule has 2 heterocycles. The molecule has 1 fully saturated rings. The fraction of sp³-hybridized carbons (Fsp3) is 0.667. The zero-order valence-corrected chi connectivity index (χ0v) is 11.3. The number of nitrogens with one attached hydrogen (secondary N) is 1. The SMILES string of the molecule is CNc1ncc(C)c(N2CC(OC)C(OC)C2)n1. The number of methoxy groups -OCH3 is 2. The van der Waals surface area contributed by atoms with Crippen molar-refractivity contribution >= 4 is 11.8 Å². The van der Waals surface area contributed by atoms with E-state index in [2.05, 4.69) is 20.2 Å². The Labute approximate surface area is 107 Å². The third-order valence-corrected chi connectivity index (χ3v) is 3.29. The summed E-state index contributed by atoms with van der Waals surface area (Å²) >= 11 is 0. The van der Waals surface area contributed by atoms with E-state index >= 15 is 0 Å². The average molecular weight is 252 g/mol. The van der Waals surface area contributed by atoms with Gasteiger partial charge >= 0.3 is 0 Å². The van der Waals surface area contributed by atoms with E-state index < -0.39 is 0 Å². The standard InChI is InChI=1S/C12H20N4O2/c1-8-5-14-12(13-2)15-11(8)16-6-9(17-3)10(7-16)18-4/h5,9-10H,6-7H2,1-4H3,(H,13,14,15). The van der Waals surface area contributed by atoms with Crippen LogP contribution in [-0.4, -0.2) is 56.5 Å². The first-order chi connectivity index (χ1) is 8.69. The minimum Gasteiger partial charge on any atom is -0.377 e. The van der Waals surface area contributed by atoms with Gasteiger partial charge in [-0.2, -0.15) is 4.98 Å². The summed E-state index contributed by atoms with van der Waals surface area (Å²) in [5, 5.41) is 2.96. The molecule has 1 aliphatic rings. The van der Waals surface area contributed by atoms with Crippen molar-refractivity contribution in [3.8, 4) is 0 Å². The van der Waals surface area contributed by atoms with Gasteiger partial charge in [-0.25, -0.2) is 4.98 Å². The van der Waals surface area contributed by atoms with E-state index in [0.29, 0.717) is 5.95 Å². The van der Waals surface area contributed by atoms with Crippen molar-refractivity contribution < 1.29 is 9.47 Å². The minimum absolute atomic E-state index is 0.0856. The maximum absolute atomic E-state index is 5.44. The normalized spacial score (nSPS) is 23.4. The van der Waals surface area contributed by atoms with Crippen molar-refractivity contribution in [2.45, 2.75) is 19.1 Å². The fourth-order valence-corrected chi connectivity index (χ4v) is 2.24. The van der Waals surface area contributed by atoms with Gasteiger partial charge in [-0.15, -0.1) is 0 Å². The number of aryl methyl sites for hydroxylation is 1. The van der Waals surface area contributed by atoms with Gasteiger partial charge in [0.15, 0.2) is 0 Å². The Morgan fingerprint density at radius 1 is 1.28 bits per heavy atom. The van der Waals surface area contributed by atoms with E-state index in [1.807, 2.05) is 20.2 Å². The van der Waals surface area contributed by atoms with Crippen LogP contribution >= 0.6 is 0 Å². The van der Waals surface area contributed by atoms with Gasteiger partial charge in [-0.3, -0.25) is 0 Å². The monoisotopic (exact) mass is 252 g/mol. The predicted molar refractivity (Wildman–Crippen MR) is 70.1 cm³/mol. The summed E-state index contributed by atoms with van der Waals surface area (Å²) in [5.41, 5.74) is 1.06. The number of anilines is 2. The van der Waals surface area contributed by atoms with E-state index in [1.54, 1.807) is 14.2 Å². The summed E-state index contributed by atoms with van der Waals surface area (Å²) in [7, 11) is 5.24. The third-order valence-electron chi connectivity index (χ3n) is 3.29. The van der Waals surface area contributed by atoms with E-state index in [-0.39, 0.29) is 12.2 Å². The van der Waals surface area contributed by atoms with Gasteiger partial charge in [0.05, 0.1) is 0 Å². The van der Waals surface area contributed by atoms with Crippen LogP contribution in [0.1, 0.15) is 5.56 Å². The van der Waals surface area contributed by atoms with Crippen LogP contribution in [0, 0.1) is 6.92 Å². The van der Waals surface area contributed by atoms with E-state index in [0.717, 1.165) is 24.5 Å². The van der Waals surface area contributed by atoms with Crippen LogP contribution in [0.3, 0.4) is 0 Å². The lowest BCUT2D eigenvalue weighted by Crippen LogP contribution is -2.27. The molecule has 6 nitrogen and oxygen atoms in total. The molecular formula is C12H20N4O2. The molecule has 1 saturated heterocycles. The highest BCUT2D eigenvalue weighted by Crippen LogP contribution is 2.25. The molecule has 0 saturated carbocycles. The summed E-state index contributed by atoms with van der Waals surface area (Å²) in [6.07, 6.45) is 2.00. The first-order valence-electron chi connectivity index (χ1n) is 6.01. The molecule has 0 radical (unpaired) electrons. The number of hydrogen-bond acceptors (Lipinski definition) is 6. The Kier molecular flexibility index (Phi) is 3.98. The molecule has 0 aliphatic carbocycles. The average Bonchev–Trinajstić information content (AvgIpc) is 2.82. The number of ether oxygens (including phenoxy) is 2. The van der Waals surface area contributed by atoms with Gasteiger partial charge in [-0.05, 0) is 6.92 Å². The Morgan fingerprint density at radius 2 is 1.89 bits per heavy atom. The van der Waals surface area contributed by atoms with Crippen molar-refractivity contribution in [1.29, 1.82) is 0 Å². The Hall–Kier alpha value is -1.40. The van der Waals surface area contributed by atoms with Crippen LogP contribution in [0.15, 0.2) is 6.20 Å². The second-order valence-electron chi connectivity index (χ2n) is 4.40. The van der Waals surface area contributed by atoms with Crippen molar-refractivity contribution in [1.82, 2.24) is 9.97 Å². The van der Waals surface area contributed by atoms with E-state index in [4.69, 9.17) is 9.47 Å². The second-order valence-corrected chi connectivity index (χ2v) is 4.40. The van der Waals surface area contributed by atoms with Gasteiger partial charge in [0.25, 0.3) is 0 Å². The number of hydrogen-bond donors (Lipinski definition) is 1. The molecule has 2 atom stereocenters. The van der Waals surface area contributed by atoms with Gasteiger partial charge in [0.2, 0.25) is 5.95 Å². The van der Waals surface area contributed by atoms with Crippen molar-refractivity contribution in [2.24, 2.45) is 0 Å². The van der Waals surface area contributed by atoms with Crippen molar-refractivity contribution in [3.63, 3.8) is 0 Å². The molecule has 18 heavy (non-hydrogen) atoms. The van der Waals surface area contributed by atoms with Crippen LogP contribution in [-0.2, 0) is 9.47 Å². The summed E-state index contributed by atoms with van der Waals surface area (Å²) in [6, 6.07) is 0. The lowest BCUT2D eigenvalue weighted by atomic mass is 10.3. The van der Waals surface area contributed by atoms with E-state index in [1.165, 1.54) is 0 Å². The molecule has 1 N–H and O–H groups in total. The number of nitrogens with zero attached hydrogens (tertiary/aromatic N) is 3. The van der Waals surface area contributed by atoms with Crippen molar-refractivity contribution in [3.05, 3.63) is 11.8 Å². The Bertz CT molecular complexity index is 401. The summed E-state index contributed by atoms with van der Waals surface area (Å²) < 4.78 is 10.9. The van der Waals surface area contributed by atoms with Gasteiger partial charge in [0.1, 0.15) is 18.0 Å². The molecule has 1 aromatic heterocycles. The molecule has 1 aromatic rings. The number of aromatic nitrogens is 2. The zero-order chi connectivity index (χ0) is 13.1. The second kappa shape index (κ2) is 5.49. The molecule has 2 unspecified atom stereocenters. The quantitative estimate of drug-likeness (QED) is 0.850. The van der Waals surface area contributed by atoms with Crippen LogP contribution in [0.5, 0.6) is 0 Å². The molecule has 0 aromatic carbocycles. The lowest BCUT2D eigenvalue weighted by Gasteiger charge is -2.19. The van der Waals surface area contributed by atoms with Crippen LogP contribution in [0.2, 0.25) is 0 Å². The Balaban J connectivity index is 2.22. The first-order valence-corrected chi connectivity index (χ1v) is 6.01. The van der Waals surface area contributed by atoms with Gasteiger partial charge < -0.3 is 19.7 Å². The van der Waals surface area contributed by atoms with Crippen molar-refractivity contribution in [2.75, 3.05) is 44.6 Å². The maximum atomic E-state index is 5.44.